The van der Waals surface area contributed by atoms with Gasteiger partial charge in [0.25, 0.3) is 0 Å². The molecule has 4 N–H and O–H groups in total. The van der Waals surface area contributed by atoms with Crippen molar-refractivity contribution >= 4 is 45.9 Å². The van der Waals surface area contributed by atoms with Crippen molar-refractivity contribution in [2.24, 2.45) is 138 Å². The predicted molar refractivity (Wildman–Crippen MR) is 452 cm³/mol. The molecule has 0 unspecified atom stereocenters. The highest BCUT2D eigenvalue weighted by Gasteiger charge is 2.64. The Morgan fingerprint density at radius 3 is 1.10 bits per heavy atom. The molecule has 113 heavy (non-hydrogen) atoms. The lowest BCUT2D eigenvalue weighted by Crippen LogP contribution is -2.52. The minimum Gasteiger partial charge on any atom is -0.356 e. The van der Waals surface area contributed by atoms with E-state index in [0.29, 0.717) is 50.7 Å². The molecule has 20 rings (SSSR count). The molecule has 13 heteroatoms. The van der Waals surface area contributed by atoms with Gasteiger partial charge in [-0.1, -0.05) is 93.5 Å². The highest BCUT2D eigenvalue weighted by atomic mass is 16.2. The van der Waals surface area contributed by atoms with Gasteiger partial charge in [-0.15, -0.1) is 0 Å². The van der Waals surface area contributed by atoms with Crippen LogP contribution >= 0.6 is 0 Å². The molecule has 24 atom stereocenters. The third-order valence-electron chi connectivity index (χ3n) is 37.3. The molecular weight excluding hydrogens is 1390 g/mol. The molecule has 8 heterocycles. The van der Waals surface area contributed by atoms with Crippen molar-refractivity contribution < 1.29 is 19.2 Å². The number of carbonyl (C=O) groups excluding carboxylic acids is 4. The fourth-order valence-corrected chi connectivity index (χ4v) is 30.8. The smallest absolute Gasteiger partial charge is 0.220 e. The Balaban J connectivity index is 0.000000109. The molecule has 0 bridgehead atoms. The van der Waals surface area contributed by atoms with Crippen LogP contribution in [0.3, 0.4) is 0 Å². The monoisotopic (exact) mass is 1530 g/mol. The first-order chi connectivity index (χ1) is 54.3. The van der Waals surface area contributed by atoms with E-state index in [-0.39, 0.29) is 39.9 Å². The van der Waals surface area contributed by atoms with Gasteiger partial charge in [0.05, 0.1) is 11.9 Å². The van der Waals surface area contributed by atoms with E-state index in [1.54, 1.807) is 22.9 Å². The molecule has 4 aliphatic heterocycles. The minimum absolute atomic E-state index is 0.235. The zero-order valence-electron chi connectivity index (χ0n) is 70.9. The Labute approximate surface area is 677 Å². The second kappa shape index (κ2) is 30.7. The summed E-state index contributed by atoms with van der Waals surface area (Å²) in [6.45, 7) is 30.3. The summed E-state index contributed by atoms with van der Waals surface area (Å²) < 4.78 is 0. The van der Waals surface area contributed by atoms with E-state index < -0.39 is 0 Å². The first kappa shape index (κ1) is 78.9. The Morgan fingerprint density at radius 2 is 0.717 bits per heavy atom. The van der Waals surface area contributed by atoms with E-state index >= 15 is 0 Å². The van der Waals surface area contributed by atoms with Crippen LogP contribution in [0.4, 0.5) is 0 Å². The number of hydrogen-bond acceptors (Lipinski definition) is 9. The lowest BCUT2D eigenvalue weighted by molar-refractivity contribution is -0.125. The third-order valence-corrected chi connectivity index (χ3v) is 37.3. The molecule has 0 radical (unpaired) electrons. The summed E-state index contributed by atoms with van der Waals surface area (Å²) in [6, 6.07) is 7.07. The number of carbonyl (C=O) groups is 4. The third kappa shape index (κ3) is 13.6. The Bertz CT molecular complexity index is 4300. The van der Waals surface area contributed by atoms with E-state index in [2.05, 4.69) is 183 Å². The largest absolute Gasteiger partial charge is 0.356 e. The summed E-state index contributed by atoms with van der Waals surface area (Å²) in [5.74, 6) is 12.9. The second-order valence-electron chi connectivity index (χ2n) is 41.8. The maximum atomic E-state index is 12.2. The van der Waals surface area contributed by atoms with Gasteiger partial charge in [-0.05, 0) is 386 Å². The molecule has 12 aliphatic carbocycles. The highest BCUT2D eigenvalue weighted by Crippen LogP contribution is 2.72. The van der Waals surface area contributed by atoms with E-state index in [1.165, 1.54) is 167 Å². The van der Waals surface area contributed by atoms with Gasteiger partial charge in [-0.2, -0.15) is 0 Å². The summed E-state index contributed by atoms with van der Waals surface area (Å²) in [6.07, 6.45) is 62.8. The Kier molecular flexibility index (Phi) is 21.4. The number of nitrogens with zero attached hydrogens (tertiary/aromatic N) is 5. The van der Waals surface area contributed by atoms with E-state index in [9.17, 15) is 19.2 Å². The van der Waals surface area contributed by atoms with Crippen LogP contribution in [0.2, 0.25) is 0 Å². The maximum Gasteiger partial charge on any atom is 0.220 e. The van der Waals surface area contributed by atoms with E-state index in [0.717, 1.165) is 167 Å². The molecule has 8 saturated carbocycles. The summed E-state index contributed by atoms with van der Waals surface area (Å²) in [5.41, 5.74) is 17.6. The molecule has 4 aromatic heterocycles. The van der Waals surface area contributed by atoms with Crippen LogP contribution in [0, 0.1) is 145 Å². The van der Waals surface area contributed by atoms with Crippen LogP contribution in [0.5, 0.6) is 0 Å². The molecule has 606 valence electrons. The fourth-order valence-electron chi connectivity index (χ4n) is 30.8. The number of pyridine rings is 3. The molecule has 12 fully saturated rings. The van der Waals surface area contributed by atoms with Crippen molar-refractivity contribution in [3.63, 3.8) is 0 Å². The van der Waals surface area contributed by atoms with Crippen molar-refractivity contribution in [3.05, 3.63) is 137 Å². The SMILES string of the molecule is CCc1cncc(C2=CC[C@H]3[C@@H]4CC[C@H]5CC(=O)NCC[C@]5(C)[C@H]4CC[C@]23C)c1.CCc1cncc(C2=CC[C@H]3[C@@H]4CC[C@H]5CNC(=O)CC[C@]5(C)[C@H]4CC[C@]23C)c1.C[C@]12CCNC(=O)C[C@@H]1CC[C@@H]1[C@@H]2CC[C@]2(C)C(c3cnccn3)=CC[C@@H]12.Cc1cncc(C2=CC[C@H]3[C@@H]4CC[C@H]5CNC(=O)CC[C@]5(C)[C@H]4CC[C@]23C)c1. The number of aryl methyl sites for hydroxylation is 3. The van der Waals surface area contributed by atoms with Gasteiger partial charge in [-0.3, -0.25) is 44.1 Å². The van der Waals surface area contributed by atoms with Gasteiger partial charge in [-0.25, -0.2) is 0 Å². The van der Waals surface area contributed by atoms with Crippen molar-refractivity contribution in [2.75, 3.05) is 26.2 Å². The standard InChI is InChI=1S/2C26H36N2O.C25H34N2O.C23H31N3O/c1-4-17-13-18(15-27-14-17)21-7-8-22-20-6-5-19-16-28-24(29)10-12-25(19,2)23(20)9-11-26(21,22)3;1-4-17-13-18(16-27-15-17)21-7-8-22-20-6-5-19-14-24(29)28-12-11-25(19,2)23(20)9-10-26(21,22)3;1-16-12-17(14-26-13-16)20-6-7-21-19-5-4-18-15-27-23(28)9-11-24(18,2)22(19)8-10-25(20,21)3;1-22-9-10-26-21(27)13-15(22)3-4-16-17-5-6-19(20-14-24-11-12-25-20)23(17,2)8-7-18(16)22/h7,13-15,19-20,22-23H,4-6,8-12,16H2,1-3H3,(H,28,29);7,13,15-16,19-20,22-23H,4-6,8-12,14H2,1-3H3,(H,28,29);6,12-14,18-19,21-22H,4-5,7-11,15H2,1-3H3,(H,27,28);6,11-12,14-18H,3-5,7-10,13H2,1-2H3,(H,26,27)/t2*19-,20-,22-,23-,25-,26+;18-,19-,21-,22-,24-,25+;15-,16-,17-,18-,22-,23-/m0000/s1. The van der Waals surface area contributed by atoms with E-state index in [4.69, 9.17) is 0 Å². The van der Waals surface area contributed by atoms with E-state index in [1.807, 2.05) is 31.0 Å². The number of rotatable bonds is 6. The van der Waals surface area contributed by atoms with Crippen LogP contribution in [0.25, 0.3) is 22.3 Å². The van der Waals surface area contributed by atoms with Crippen molar-refractivity contribution in [2.45, 2.75) is 269 Å². The van der Waals surface area contributed by atoms with Crippen LogP contribution in [0.15, 0.2) is 98.3 Å². The molecule has 16 aliphatic rings. The van der Waals surface area contributed by atoms with Gasteiger partial charge in [0.2, 0.25) is 23.6 Å². The van der Waals surface area contributed by atoms with Crippen LogP contribution in [-0.2, 0) is 32.0 Å². The summed E-state index contributed by atoms with van der Waals surface area (Å²) in [5, 5.41) is 12.7. The predicted octanol–water partition coefficient (Wildman–Crippen LogP) is 20.2. The summed E-state index contributed by atoms with van der Waals surface area (Å²) in [4.78, 5) is 71.0. The minimum atomic E-state index is 0.235. The first-order valence-electron chi connectivity index (χ1n) is 45.8. The van der Waals surface area contributed by atoms with Gasteiger partial charge in [0.15, 0.2) is 0 Å². The average molecular weight is 1530 g/mol. The molecule has 0 spiro atoms. The van der Waals surface area contributed by atoms with Gasteiger partial charge < -0.3 is 21.3 Å². The molecule has 0 aromatic carbocycles. The molecule has 4 aromatic rings. The number of nitrogens with one attached hydrogen (secondary N) is 4. The normalized spacial score (nSPS) is 42.3. The number of hydrogen-bond donors (Lipinski definition) is 4. The van der Waals surface area contributed by atoms with Crippen molar-refractivity contribution in [1.29, 1.82) is 0 Å². The Hall–Kier alpha value is -6.63. The van der Waals surface area contributed by atoms with Crippen molar-refractivity contribution in [3.8, 4) is 0 Å². The van der Waals surface area contributed by atoms with Gasteiger partial charge in [0, 0.05) is 101 Å². The number of aromatic nitrogens is 5. The number of fused-ring (bicyclic) bond motifs is 20. The quantitative estimate of drug-likeness (QED) is 0.146. The lowest BCUT2D eigenvalue weighted by atomic mass is 9.46. The van der Waals surface area contributed by atoms with Crippen molar-refractivity contribution in [1.82, 2.24) is 46.2 Å². The summed E-state index contributed by atoms with van der Waals surface area (Å²) >= 11 is 0. The van der Waals surface area contributed by atoms with Crippen LogP contribution < -0.4 is 21.3 Å². The van der Waals surface area contributed by atoms with Crippen LogP contribution in [-0.4, -0.2) is 74.7 Å². The number of amides is 4. The van der Waals surface area contributed by atoms with Crippen LogP contribution in [0.1, 0.15) is 288 Å². The maximum absolute atomic E-state index is 12.2. The average Bonchev–Trinajstić information content (AvgIpc) is 1.68. The lowest BCUT2D eigenvalue weighted by Gasteiger charge is -2.58. The van der Waals surface area contributed by atoms with Gasteiger partial charge in [0.1, 0.15) is 0 Å². The Morgan fingerprint density at radius 1 is 0.354 bits per heavy atom. The highest BCUT2D eigenvalue weighted by molar-refractivity contribution is 5.79. The first-order valence-corrected chi connectivity index (χ1v) is 45.8. The fraction of sp³-hybridized carbons (Fsp3) is 0.690. The molecular formula is C100H137N9O4. The molecule has 4 saturated heterocycles. The topological polar surface area (TPSA) is 181 Å². The molecule has 4 amide bonds. The second-order valence-corrected chi connectivity index (χ2v) is 41.8. The van der Waals surface area contributed by atoms with Gasteiger partial charge >= 0.3 is 0 Å². The summed E-state index contributed by atoms with van der Waals surface area (Å²) in [7, 11) is 0. The molecule has 13 nitrogen and oxygen atoms in total. The number of allylic oxidation sites excluding steroid dienone is 8. The zero-order chi connectivity index (χ0) is 78.6. The zero-order valence-corrected chi connectivity index (χ0v) is 70.9.